The molecule has 1 aromatic rings. The molecule has 0 saturated heterocycles. The van der Waals surface area contributed by atoms with Crippen LogP contribution < -0.4 is 5.73 Å². The van der Waals surface area contributed by atoms with Crippen molar-refractivity contribution in [1.29, 1.82) is 0 Å². The number of aliphatic hydroxyl groups is 1. The SMILES string of the molecule is CC(O)CN(C)C(=O)[C@H](N)Cc1ccccc1. The molecule has 0 aliphatic heterocycles. The number of likely N-dealkylation sites (N-methyl/N-ethyl adjacent to an activating group) is 1. The van der Waals surface area contributed by atoms with Gasteiger partial charge in [0.2, 0.25) is 5.91 Å². The molecular formula is C13H20N2O2. The zero-order valence-corrected chi connectivity index (χ0v) is 10.3. The third-order valence-electron chi connectivity index (χ3n) is 2.53. The van der Waals surface area contributed by atoms with Crippen molar-refractivity contribution in [3.05, 3.63) is 35.9 Å². The first-order valence-electron chi connectivity index (χ1n) is 5.73. The van der Waals surface area contributed by atoms with Gasteiger partial charge in [0.25, 0.3) is 0 Å². The number of nitrogens with two attached hydrogens (primary N) is 1. The van der Waals surface area contributed by atoms with Gasteiger partial charge in [0.15, 0.2) is 0 Å². The number of benzene rings is 1. The fraction of sp³-hybridized carbons (Fsp3) is 0.462. The molecule has 1 rings (SSSR count). The molecule has 1 amide bonds. The predicted octanol–water partition coefficient (Wildman–Crippen LogP) is 0.396. The Morgan fingerprint density at radius 3 is 2.53 bits per heavy atom. The first-order chi connectivity index (χ1) is 8.00. The van der Waals surface area contributed by atoms with Crippen LogP contribution in [0.5, 0.6) is 0 Å². The number of aliphatic hydroxyl groups excluding tert-OH is 1. The van der Waals surface area contributed by atoms with Gasteiger partial charge >= 0.3 is 0 Å². The van der Waals surface area contributed by atoms with Gasteiger partial charge in [0.1, 0.15) is 0 Å². The number of hydrogen-bond acceptors (Lipinski definition) is 3. The van der Waals surface area contributed by atoms with E-state index in [1.54, 1.807) is 14.0 Å². The summed E-state index contributed by atoms with van der Waals surface area (Å²) in [4.78, 5) is 13.3. The molecule has 1 aromatic carbocycles. The summed E-state index contributed by atoms with van der Waals surface area (Å²) in [5, 5.41) is 9.21. The monoisotopic (exact) mass is 236 g/mol. The highest BCUT2D eigenvalue weighted by Crippen LogP contribution is 2.04. The van der Waals surface area contributed by atoms with E-state index in [-0.39, 0.29) is 5.91 Å². The van der Waals surface area contributed by atoms with Crippen LogP contribution in [0.25, 0.3) is 0 Å². The maximum absolute atomic E-state index is 11.9. The molecule has 0 aliphatic carbocycles. The summed E-state index contributed by atoms with van der Waals surface area (Å²) >= 11 is 0. The molecule has 0 spiro atoms. The average Bonchev–Trinajstić information content (AvgIpc) is 2.28. The third-order valence-corrected chi connectivity index (χ3v) is 2.53. The van der Waals surface area contributed by atoms with Crippen LogP contribution in [-0.2, 0) is 11.2 Å². The van der Waals surface area contributed by atoms with Crippen molar-refractivity contribution in [2.24, 2.45) is 5.73 Å². The van der Waals surface area contributed by atoms with Crippen LogP contribution in [0.4, 0.5) is 0 Å². The van der Waals surface area contributed by atoms with Crippen LogP contribution >= 0.6 is 0 Å². The lowest BCUT2D eigenvalue weighted by Gasteiger charge is -2.22. The number of nitrogens with zero attached hydrogens (tertiary/aromatic N) is 1. The summed E-state index contributed by atoms with van der Waals surface area (Å²) in [6.07, 6.45) is -0.0167. The first kappa shape index (κ1) is 13.7. The van der Waals surface area contributed by atoms with Crippen molar-refractivity contribution in [2.75, 3.05) is 13.6 Å². The highest BCUT2D eigenvalue weighted by molar-refractivity contribution is 5.81. The third kappa shape index (κ3) is 4.54. The van der Waals surface area contributed by atoms with E-state index in [0.29, 0.717) is 13.0 Å². The Bertz CT molecular complexity index is 352. The Balaban J connectivity index is 2.52. The van der Waals surface area contributed by atoms with Crippen molar-refractivity contribution in [2.45, 2.75) is 25.5 Å². The molecule has 0 aliphatic rings. The smallest absolute Gasteiger partial charge is 0.239 e. The molecule has 0 fully saturated rings. The second kappa shape index (κ2) is 6.37. The number of rotatable bonds is 5. The molecule has 4 heteroatoms. The van der Waals surface area contributed by atoms with Gasteiger partial charge in [-0.2, -0.15) is 0 Å². The topological polar surface area (TPSA) is 66.6 Å². The normalized spacial score (nSPS) is 14.1. The maximum Gasteiger partial charge on any atom is 0.239 e. The maximum atomic E-state index is 11.9. The highest BCUT2D eigenvalue weighted by Gasteiger charge is 2.19. The lowest BCUT2D eigenvalue weighted by atomic mass is 10.1. The average molecular weight is 236 g/mol. The minimum Gasteiger partial charge on any atom is -0.392 e. The van der Waals surface area contributed by atoms with E-state index in [0.717, 1.165) is 5.56 Å². The van der Waals surface area contributed by atoms with Crippen molar-refractivity contribution in [3.63, 3.8) is 0 Å². The van der Waals surface area contributed by atoms with Crippen molar-refractivity contribution < 1.29 is 9.90 Å². The van der Waals surface area contributed by atoms with E-state index >= 15 is 0 Å². The molecule has 0 radical (unpaired) electrons. The van der Waals surface area contributed by atoms with Crippen LogP contribution in [0.2, 0.25) is 0 Å². The molecule has 3 N–H and O–H groups in total. The standard InChI is InChI=1S/C13H20N2O2/c1-10(16)9-15(2)13(17)12(14)8-11-6-4-3-5-7-11/h3-7,10,12,16H,8-9,14H2,1-2H3/t10?,12-/m1/s1. The van der Waals surface area contributed by atoms with Crippen molar-refractivity contribution >= 4 is 5.91 Å². The van der Waals surface area contributed by atoms with Gasteiger partial charge < -0.3 is 15.7 Å². The number of carbonyl (C=O) groups excluding carboxylic acids is 1. The largest absolute Gasteiger partial charge is 0.392 e. The van der Waals surface area contributed by atoms with Crippen LogP contribution in [0.1, 0.15) is 12.5 Å². The fourth-order valence-corrected chi connectivity index (χ4v) is 1.72. The van der Waals surface area contributed by atoms with E-state index in [1.165, 1.54) is 4.90 Å². The summed E-state index contributed by atoms with van der Waals surface area (Å²) in [6, 6.07) is 9.11. The first-order valence-corrected chi connectivity index (χ1v) is 5.73. The van der Waals surface area contributed by atoms with E-state index in [1.807, 2.05) is 30.3 Å². The molecule has 0 aromatic heterocycles. The lowest BCUT2D eigenvalue weighted by Crippen LogP contribution is -2.45. The zero-order chi connectivity index (χ0) is 12.8. The summed E-state index contributed by atoms with van der Waals surface area (Å²) in [7, 11) is 1.65. The predicted molar refractivity (Wildman–Crippen MR) is 67.4 cm³/mol. The Kier molecular flexibility index (Phi) is 5.12. The van der Waals surface area contributed by atoms with Gasteiger partial charge in [0.05, 0.1) is 12.1 Å². The van der Waals surface area contributed by atoms with Crippen molar-refractivity contribution in [1.82, 2.24) is 4.90 Å². The van der Waals surface area contributed by atoms with E-state index in [4.69, 9.17) is 5.73 Å². The van der Waals surface area contributed by atoms with Crippen LogP contribution in [0, 0.1) is 0 Å². The Morgan fingerprint density at radius 1 is 1.41 bits per heavy atom. The molecule has 0 saturated carbocycles. The Hall–Kier alpha value is -1.39. The number of hydrogen-bond donors (Lipinski definition) is 2. The van der Waals surface area contributed by atoms with Gasteiger partial charge in [0, 0.05) is 13.6 Å². The van der Waals surface area contributed by atoms with Crippen LogP contribution in [-0.4, -0.2) is 41.7 Å². The molecule has 0 heterocycles. The van der Waals surface area contributed by atoms with Gasteiger partial charge in [-0.3, -0.25) is 4.79 Å². The number of amides is 1. The summed E-state index contributed by atoms with van der Waals surface area (Å²) in [6.45, 7) is 1.95. The van der Waals surface area contributed by atoms with Crippen molar-refractivity contribution in [3.8, 4) is 0 Å². The minimum atomic E-state index is -0.554. The van der Waals surface area contributed by atoms with Gasteiger partial charge in [-0.05, 0) is 18.9 Å². The molecule has 2 atom stereocenters. The molecule has 0 bridgehead atoms. The van der Waals surface area contributed by atoms with Gasteiger partial charge in [-0.1, -0.05) is 30.3 Å². The van der Waals surface area contributed by atoms with E-state index < -0.39 is 12.1 Å². The highest BCUT2D eigenvalue weighted by atomic mass is 16.3. The second-order valence-electron chi connectivity index (χ2n) is 4.36. The summed E-state index contributed by atoms with van der Waals surface area (Å²) in [5.74, 6) is -0.144. The molecular weight excluding hydrogens is 216 g/mol. The van der Waals surface area contributed by atoms with Crippen LogP contribution in [0.15, 0.2) is 30.3 Å². The molecule has 4 nitrogen and oxygen atoms in total. The second-order valence-corrected chi connectivity index (χ2v) is 4.36. The Morgan fingerprint density at radius 2 is 2.00 bits per heavy atom. The zero-order valence-electron chi connectivity index (χ0n) is 10.3. The number of carbonyl (C=O) groups is 1. The fourth-order valence-electron chi connectivity index (χ4n) is 1.72. The van der Waals surface area contributed by atoms with Crippen LogP contribution in [0.3, 0.4) is 0 Å². The lowest BCUT2D eigenvalue weighted by molar-refractivity contribution is -0.132. The quantitative estimate of drug-likeness (QED) is 0.777. The molecule has 1 unspecified atom stereocenters. The van der Waals surface area contributed by atoms with E-state index in [2.05, 4.69) is 0 Å². The Labute approximate surface area is 102 Å². The minimum absolute atomic E-state index is 0.144. The molecule has 94 valence electrons. The van der Waals surface area contributed by atoms with Gasteiger partial charge in [-0.25, -0.2) is 0 Å². The molecule has 17 heavy (non-hydrogen) atoms. The van der Waals surface area contributed by atoms with E-state index in [9.17, 15) is 9.90 Å². The summed E-state index contributed by atoms with van der Waals surface area (Å²) < 4.78 is 0. The van der Waals surface area contributed by atoms with Gasteiger partial charge in [-0.15, -0.1) is 0 Å². The summed E-state index contributed by atoms with van der Waals surface area (Å²) in [5.41, 5.74) is 6.89.